The molecule has 0 saturated carbocycles. The van der Waals surface area contributed by atoms with Crippen molar-refractivity contribution in [2.24, 2.45) is 11.1 Å². The molecule has 5 nitrogen and oxygen atoms in total. The molecule has 0 bridgehead atoms. The largest absolute Gasteiger partial charge is 0.494 e. The lowest BCUT2D eigenvalue weighted by molar-refractivity contribution is -0.159. The second-order valence-electron chi connectivity index (χ2n) is 4.63. The summed E-state index contributed by atoms with van der Waals surface area (Å²) in [5, 5.41) is 2.75. The predicted molar refractivity (Wildman–Crippen MR) is 67.1 cm³/mol. The molecule has 0 atom stereocenters. The van der Waals surface area contributed by atoms with Gasteiger partial charge >= 0.3 is 0 Å². The number of hydrogen-bond donors (Lipinski definition) is 2. The van der Waals surface area contributed by atoms with E-state index in [1.54, 1.807) is 6.07 Å². The van der Waals surface area contributed by atoms with Crippen molar-refractivity contribution >= 4 is 5.91 Å². The van der Waals surface area contributed by atoms with Gasteiger partial charge in [-0.25, -0.2) is 4.39 Å². The van der Waals surface area contributed by atoms with Crippen LogP contribution in [0, 0.1) is 11.2 Å². The summed E-state index contributed by atoms with van der Waals surface area (Å²) >= 11 is 0. The number of nitrogens with two attached hydrogens (primary N) is 1. The molecular formula is C13H17FN2O3. The maximum atomic E-state index is 13.5. The normalized spacial score (nSPS) is 16.6. The molecule has 0 radical (unpaired) electrons. The highest BCUT2D eigenvalue weighted by Crippen LogP contribution is 2.26. The highest BCUT2D eigenvalue weighted by molar-refractivity contribution is 5.84. The van der Waals surface area contributed by atoms with Crippen LogP contribution < -0.4 is 15.8 Å². The molecule has 1 aliphatic rings. The van der Waals surface area contributed by atoms with E-state index in [9.17, 15) is 9.18 Å². The molecule has 1 amide bonds. The Morgan fingerprint density at radius 2 is 2.32 bits per heavy atom. The zero-order valence-corrected chi connectivity index (χ0v) is 10.7. The molecule has 1 saturated heterocycles. The summed E-state index contributed by atoms with van der Waals surface area (Å²) in [6, 6.07) is 4.57. The van der Waals surface area contributed by atoms with Crippen LogP contribution >= 0.6 is 0 Å². The van der Waals surface area contributed by atoms with E-state index in [1.807, 2.05) is 0 Å². The minimum atomic E-state index is -0.620. The van der Waals surface area contributed by atoms with E-state index in [1.165, 1.54) is 19.2 Å². The lowest BCUT2D eigenvalue weighted by Gasteiger charge is -2.38. The number of benzene rings is 1. The molecule has 0 aliphatic carbocycles. The van der Waals surface area contributed by atoms with Crippen LogP contribution in [0.2, 0.25) is 0 Å². The van der Waals surface area contributed by atoms with Crippen LogP contribution in [-0.2, 0) is 16.1 Å². The van der Waals surface area contributed by atoms with E-state index in [2.05, 4.69) is 5.32 Å². The van der Waals surface area contributed by atoms with E-state index in [0.717, 1.165) is 0 Å². The van der Waals surface area contributed by atoms with Crippen molar-refractivity contribution in [3.8, 4) is 5.75 Å². The van der Waals surface area contributed by atoms with Crippen molar-refractivity contribution in [1.82, 2.24) is 5.32 Å². The van der Waals surface area contributed by atoms with Gasteiger partial charge in [0.1, 0.15) is 5.41 Å². The molecule has 1 heterocycles. The van der Waals surface area contributed by atoms with E-state index < -0.39 is 11.2 Å². The third-order valence-corrected chi connectivity index (χ3v) is 3.30. The van der Waals surface area contributed by atoms with Crippen LogP contribution in [0.15, 0.2) is 18.2 Å². The summed E-state index contributed by atoms with van der Waals surface area (Å²) in [6.45, 7) is 1.18. The topological polar surface area (TPSA) is 73.6 Å². The Morgan fingerprint density at radius 1 is 1.58 bits per heavy atom. The first kappa shape index (κ1) is 13.8. The molecule has 1 aromatic carbocycles. The molecule has 104 valence electrons. The molecule has 2 rings (SSSR count). The Bertz CT molecular complexity index is 469. The lowest BCUT2D eigenvalue weighted by atomic mass is 9.85. The van der Waals surface area contributed by atoms with E-state index in [0.29, 0.717) is 18.8 Å². The Balaban J connectivity index is 1.95. The third kappa shape index (κ3) is 2.69. The number of halogens is 1. The molecule has 0 aromatic heterocycles. The standard InChI is InChI=1S/C13H17FN2O3/c1-18-11-3-2-9(4-10(11)14)5-16-12(17)13(6-15)7-19-8-13/h2-4H,5-8,15H2,1H3,(H,16,17). The molecular weight excluding hydrogens is 251 g/mol. The van der Waals surface area contributed by atoms with E-state index in [-0.39, 0.29) is 24.7 Å². The predicted octanol–water partition coefficient (Wildman–Crippen LogP) is 0.426. The summed E-state index contributed by atoms with van der Waals surface area (Å²) < 4.78 is 23.3. The highest BCUT2D eigenvalue weighted by Gasteiger charge is 2.44. The number of carbonyl (C=O) groups excluding carboxylic acids is 1. The van der Waals surface area contributed by atoms with Gasteiger partial charge in [0, 0.05) is 13.1 Å². The van der Waals surface area contributed by atoms with Crippen molar-refractivity contribution in [2.45, 2.75) is 6.54 Å². The maximum absolute atomic E-state index is 13.5. The van der Waals surface area contributed by atoms with E-state index >= 15 is 0 Å². The minimum absolute atomic E-state index is 0.155. The first-order chi connectivity index (χ1) is 9.11. The number of carbonyl (C=O) groups is 1. The average Bonchev–Trinajstić information content (AvgIpc) is 2.36. The molecule has 19 heavy (non-hydrogen) atoms. The van der Waals surface area contributed by atoms with Crippen LogP contribution in [-0.4, -0.2) is 32.8 Å². The first-order valence-electron chi connectivity index (χ1n) is 6.00. The minimum Gasteiger partial charge on any atom is -0.494 e. The summed E-state index contributed by atoms with van der Waals surface area (Å²) in [6.07, 6.45) is 0. The lowest BCUT2D eigenvalue weighted by Crippen LogP contribution is -2.58. The van der Waals surface area contributed by atoms with Gasteiger partial charge in [0.25, 0.3) is 0 Å². The highest BCUT2D eigenvalue weighted by atomic mass is 19.1. The molecule has 3 N–H and O–H groups in total. The van der Waals surface area contributed by atoms with E-state index in [4.69, 9.17) is 15.2 Å². The van der Waals surface area contributed by atoms with Gasteiger partial charge in [-0.05, 0) is 17.7 Å². The summed E-state index contributed by atoms with van der Waals surface area (Å²) in [5.41, 5.74) is 5.63. The number of methoxy groups -OCH3 is 1. The molecule has 0 unspecified atom stereocenters. The van der Waals surface area contributed by atoms with Crippen LogP contribution in [0.25, 0.3) is 0 Å². The van der Waals surface area contributed by atoms with Crippen LogP contribution in [0.1, 0.15) is 5.56 Å². The Kier molecular flexibility index (Phi) is 4.01. The summed E-state index contributed by atoms with van der Waals surface area (Å²) in [5.74, 6) is -0.423. The summed E-state index contributed by atoms with van der Waals surface area (Å²) in [7, 11) is 1.40. The second-order valence-corrected chi connectivity index (χ2v) is 4.63. The Labute approximate surface area is 110 Å². The van der Waals surface area contributed by atoms with Gasteiger partial charge in [-0.3, -0.25) is 4.79 Å². The first-order valence-corrected chi connectivity index (χ1v) is 6.00. The monoisotopic (exact) mass is 268 g/mol. The second kappa shape index (κ2) is 5.54. The van der Waals surface area contributed by atoms with Gasteiger partial charge in [0.15, 0.2) is 11.6 Å². The molecule has 6 heteroatoms. The maximum Gasteiger partial charge on any atom is 0.232 e. The molecule has 1 fully saturated rings. The van der Waals surface area contributed by atoms with Gasteiger partial charge in [0.2, 0.25) is 5.91 Å². The molecule has 1 aromatic rings. The molecule has 1 aliphatic heterocycles. The smallest absolute Gasteiger partial charge is 0.232 e. The van der Waals surface area contributed by atoms with Crippen molar-refractivity contribution in [2.75, 3.05) is 26.9 Å². The Morgan fingerprint density at radius 3 is 2.79 bits per heavy atom. The average molecular weight is 268 g/mol. The quantitative estimate of drug-likeness (QED) is 0.812. The van der Waals surface area contributed by atoms with Crippen molar-refractivity contribution < 1.29 is 18.7 Å². The van der Waals surface area contributed by atoms with Crippen molar-refractivity contribution in [3.63, 3.8) is 0 Å². The van der Waals surface area contributed by atoms with Gasteiger partial charge in [-0.2, -0.15) is 0 Å². The van der Waals surface area contributed by atoms with Gasteiger partial charge in [0.05, 0.1) is 20.3 Å². The third-order valence-electron chi connectivity index (χ3n) is 3.30. The Hall–Kier alpha value is -1.66. The zero-order chi connectivity index (χ0) is 13.9. The number of ether oxygens (including phenoxy) is 2. The zero-order valence-electron chi connectivity index (χ0n) is 10.7. The fraction of sp³-hybridized carbons (Fsp3) is 0.462. The van der Waals surface area contributed by atoms with Crippen LogP contribution in [0.5, 0.6) is 5.75 Å². The number of hydrogen-bond acceptors (Lipinski definition) is 4. The number of amides is 1. The summed E-state index contributed by atoms with van der Waals surface area (Å²) in [4.78, 5) is 12.0. The van der Waals surface area contributed by atoms with Crippen molar-refractivity contribution in [3.05, 3.63) is 29.6 Å². The molecule has 0 spiro atoms. The number of nitrogens with one attached hydrogen (secondary N) is 1. The van der Waals surface area contributed by atoms with Gasteiger partial charge in [-0.1, -0.05) is 6.07 Å². The fourth-order valence-electron chi connectivity index (χ4n) is 1.88. The SMILES string of the molecule is COc1ccc(CNC(=O)C2(CN)COC2)cc1F. The van der Waals surface area contributed by atoms with Gasteiger partial charge < -0.3 is 20.5 Å². The van der Waals surface area contributed by atoms with Crippen molar-refractivity contribution in [1.29, 1.82) is 0 Å². The number of rotatable bonds is 5. The van der Waals surface area contributed by atoms with Gasteiger partial charge in [-0.15, -0.1) is 0 Å². The fourth-order valence-corrected chi connectivity index (χ4v) is 1.88. The van der Waals surface area contributed by atoms with Crippen LogP contribution in [0.3, 0.4) is 0 Å². The van der Waals surface area contributed by atoms with Crippen LogP contribution in [0.4, 0.5) is 4.39 Å².